The van der Waals surface area contributed by atoms with E-state index >= 15 is 0 Å². The average Bonchev–Trinajstić information content (AvgIpc) is 2.92. The maximum atomic E-state index is 5.87. The molecule has 0 radical (unpaired) electrons. The number of aromatic amines is 1. The van der Waals surface area contributed by atoms with Gasteiger partial charge in [-0.15, -0.1) is 0 Å². The largest absolute Gasteiger partial charge is 0.375 e. The number of H-pyrrole nitrogens is 1. The number of aromatic nitrogens is 1. The van der Waals surface area contributed by atoms with Crippen molar-refractivity contribution in [1.82, 2.24) is 9.88 Å². The van der Waals surface area contributed by atoms with Gasteiger partial charge in [-0.2, -0.15) is 0 Å². The number of fused-ring (bicyclic) bond motifs is 1. The van der Waals surface area contributed by atoms with Crippen LogP contribution in [0.1, 0.15) is 39.2 Å². The Bertz CT molecular complexity index is 602. The number of benzene rings is 1. The molecule has 1 aliphatic rings. The molecule has 21 heavy (non-hydrogen) atoms. The van der Waals surface area contributed by atoms with Crippen molar-refractivity contribution in [3.63, 3.8) is 0 Å². The second-order valence-electron chi connectivity index (χ2n) is 6.67. The molecule has 1 N–H and O–H groups in total. The van der Waals surface area contributed by atoms with Crippen molar-refractivity contribution in [3.8, 4) is 0 Å². The lowest BCUT2D eigenvalue weighted by atomic mass is 9.92. The average molecular weight is 286 g/mol. The second-order valence-corrected chi connectivity index (χ2v) is 6.67. The molecule has 0 spiro atoms. The molecule has 3 heteroatoms. The first-order chi connectivity index (χ1) is 10.1. The van der Waals surface area contributed by atoms with Gasteiger partial charge in [0, 0.05) is 36.3 Å². The van der Waals surface area contributed by atoms with Gasteiger partial charge in [-0.3, -0.25) is 4.90 Å². The highest BCUT2D eigenvalue weighted by Gasteiger charge is 2.31. The van der Waals surface area contributed by atoms with E-state index < -0.39 is 0 Å². The van der Waals surface area contributed by atoms with Crippen molar-refractivity contribution in [2.75, 3.05) is 13.2 Å². The van der Waals surface area contributed by atoms with Crippen LogP contribution in [0.5, 0.6) is 0 Å². The SMILES string of the molecule is CCN(Cc1cccc2[nH]ccc12)[C@H]1CCOC(C)(C)C1. The van der Waals surface area contributed by atoms with E-state index in [4.69, 9.17) is 4.74 Å². The molecule has 1 aromatic carbocycles. The predicted octanol–water partition coefficient (Wildman–Crippen LogP) is 3.95. The van der Waals surface area contributed by atoms with E-state index in [0.717, 1.165) is 32.5 Å². The van der Waals surface area contributed by atoms with Gasteiger partial charge in [0.25, 0.3) is 0 Å². The molecule has 114 valence electrons. The van der Waals surface area contributed by atoms with Gasteiger partial charge in [0.15, 0.2) is 0 Å². The van der Waals surface area contributed by atoms with Crippen molar-refractivity contribution in [2.24, 2.45) is 0 Å². The summed E-state index contributed by atoms with van der Waals surface area (Å²) in [4.78, 5) is 5.91. The number of hydrogen-bond acceptors (Lipinski definition) is 2. The van der Waals surface area contributed by atoms with Crippen LogP contribution >= 0.6 is 0 Å². The van der Waals surface area contributed by atoms with Gasteiger partial charge >= 0.3 is 0 Å². The molecule has 3 nitrogen and oxygen atoms in total. The summed E-state index contributed by atoms with van der Waals surface area (Å²) in [5.74, 6) is 0. The van der Waals surface area contributed by atoms with E-state index in [1.807, 2.05) is 6.20 Å². The number of rotatable bonds is 4. The van der Waals surface area contributed by atoms with Crippen LogP contribution in [-0.2, 0) is 11.3 Å². The zero-order chi connectivity index (χ0) is 14.9. The molecule has 1 aliphatic heterocycles. The molecule has 1 fully saturated rings. The topological polar surface area (TPSA) is 28.3 Å². The monoisotopic (exact) mass is 286 g/mol. The fourth-order valence-electron chi connectivity index (χ4n) is 3.52. The normalized spacial score (nSPS) is 22.0. The van der Waals surface area contributed by atoms with Gasteiger partial charge in [-0.1, -0.05) is 19.1 Å². The Labute approximate surface area is 127 Å². The van der Waals surface area contributed by atoms with Gasteiger partial charge in [-0.05, 0) is 50.9 Å². The van der Waals surface area contributed by atoms with Crippen LogP contribution in [0.3, 0.4) is 0 Å². The molecular weight excluding hydrogens is 260 g/mol. The molecule has 2 heterocycles. The Morgan fingerprint density at radius 1 is 1.33 bits per heavy atom. The summed E-state index contributed by atoms with van der Waals surface area (Å²) >= 11 is 0. The molecule has 2 aromatic rings. The number of nitrogens with zero attached hydrogens (tertiary/aromatic N) is 1. The molecule has 1 aromatic heterocycles. The minimum absolute atomic E-state index is 0.0103. The van der Waals surface area contributed by atoms with Crippen molar-refractivity contribution >= 4 is 10.9 Å². The van der Waals surface area contributed by atoms with E-state index in [1.165, 1.54) is 16.5 Å². The summed E-state index contributed by atoms with van der Waals surface area (Å²) in [5.41, 5.74) is 2.66. The van der Waals surface area contributed by atoms with E-state index in [9.17, 15) is 0 Å². The molecule has 1 atom stereocenters. The number of nitrogens with one attached hydrogen (secondary N) is 1. The molecule has 0 unspecified atom stereocenters. The highest BCUT2D eigenvalue weighted by molar-refractivity contribution is 5.82. The molecule has 1 saturated heterocycles. The van der Waals surface area contributed by atoms with Crippen LogP contribution in [0, 0.1) is 0 Å². The molecule has 3 rings (SSSR count). The minimum Gasteiger partial charge on any atom is -0.375 e. The Kier molecular flexibility index (Phi) is 4.05. The number of hydrogen-bond donors (Lipinski definition) is 1. The zero-order valence-electron chi connectivity index (χ0n) is 13.4. The third kappa shape index (κ3) is 3.14. The maximum Gasteiger partial charge on any atom is 0.0641 e. The highest BCUT2D eigenvalue weighted by Crippen LogP contribution is 2.29. The van der Waals surface area contributed by atoms with Crippen molar-refractivity contribution in [1.29, 1.82) is 0 Å². The summed E-state index contributed by atoms with van der Waals surface area (Å²) in [6.45, 7) is 9.66. The Balaban J connectivity index is 1.79. The summed E-state index contributed by atoms with van der Waals surface area (Å²) in [7, 11) is 0. The number of ether oxygens (including phenoxy) is 1. The molecule has 0 saturated carbocycles. The Hall–Kier alpha value is -1.32. The van der Waals surface area contributed by atoms with Gasteiger partial charge in [0.2, 0.25) is 0 Å². The van der Waals surface area contributed by atoms with Crippen LogP contribution in [0.15, 0.2) is 30.5 Å². The van der Waals surface area contributed by atoms with Crippen LogP contribution in [-0.4, -0.2) is 34.7 Å². The molecular formula is C18H26N2O. The summed E-state index contributed by atoms with van der Waals surface area (Å²) in [5, 5.41) is 1.35. The third-order valence-electron chi connectivity index (χ3n) is 4.65. The standard InChI is InChI=1S/C18H26N2O/c1-4-20(15-9-11-21-18(2,3)12-15)13-14-6-5-7-17-16(14)8-10-19-17/h5-8,10,15,19H,4,9,11-13H2,1-3H3/t15-/m0/s1. The van der Waals surface area contributed by atoms with Crippen molar-refractivity contribution in [2.45, 2.75) is 51.8 Å². The first-order valence-electron chi connectivity index (χ1n) is 8.02. The van der Waals surface area contributed by atoms with Crippen molar-refractivity contribution in [3.05, 3.63) is 36.0 Å². The van der Waals surface area contributed by atoms with Crippen LogP contribution in [0.2, 0.25) is 0 Å². The predicted molar refractivity (Wildman–Crippen MR) is 87.4 cm³/mol. The summed E-state index contributed by atoms with van der Waals surface area (Å²) < 4.78 is 5.87. The first-order valence-corrected chi connectivity index (χ1v) is 8.02. The van der Waals surface area contributed by atoms with E-state index in [2.05, 4.69) is 54.9 Å². The fourth-order valence-corrected chi connectivity index (χ4v) is 3.52. The van der Waals surface area contributed by atoms with E-state index in [0.29, 0.717) is 6.04 Å². The minimum atomic E-state index is 0.0103. The fraction of sp³-hybridized carbons (Fsp3) is 0.556. The second kappa shape index (κ2) is 5.82. The Morgan fingerprint density at radius 2 is 2.19 bits per heavy atom. The lowest BCUT2D eigenvalue weighted by Crippen LogP contribution is -2.45. The van der Waals surface area contributed by atoms with Gasteiger partial charge < -0.3 is 9.72 Å². The van der Waals surface area contributed by atoms with E-state index in [1.54, 1.807) is 0 Å². The van der Waals surface area contributed by atoms with Gasteiger partial charge in [-0.25, -0.2) is 0 Å². The lowest BCUT2D eigenvalue weighted by Gasteiger charge is -2.41. The molecule has 0 amide bonds. The van der Waals surface area contributed by atoms with Crippen LogP contribution < -0.4 is 0 Å². The smallest absolute Gasteiger partial charge is 0.0641 e. The maximum absolute atomic E-state index is 5.87. The molecule has 0 aliphatic carbocycles. The zero-order valence-corrected chi connectivity index (χ0v) is 13.4. The van der Waals surface area contributed by atoms with Crippen molar-refractivity contribution < 1.29 is 4.74 Å². The Morgan fingerprint density at radius 3 is 2.95 bits per heavy atom. The molecule has 0 bridgehead atoms. The van der Waals surface area contributed by atoms with Crippen LogP contribution in [0.25, 0.3) is 10.9 Å². The van der Waals surface area contributed by atoms with Gasteiger partial charge in [0.1, 0.15) is 0 Å². The first kappa shape index (κ1) is 14.6. The van der Waals surface area contributed by atoms with E-state index in [-0.39, 0.29) is 5.60 Å². The van der Waals surface area contributed by atoms with Gasteiger partial charge in [0.05, 0.1) is 5.60 Å². The summed E-state index contributed by atoms with van der Waals surface area (Å²) in [6, 6.07) is 9.35. The third-order valence-corrected chi connectivity index (χ3v) is 4.65. The summed E-state index contributed by atoms with van der Waals surface area (Å²) in [6.07, 6.45) is 4.28. The highest BCUT2D eigenvalue weighted by atomic mass is 16.5. The quantitative estimate of drug-likeness (QED) is 0.922. The lowest BCUT2D eigenvalue weighted by molar-refractivity contribution is -0.0838. The van der Waals surface area contributed by atoms with Crippen LogP contribution in [0.4, 0.5) is 0 Å².